The third-order valence-electron chi connectivity index (χ3n) is 8.25. The smallest absolute Gasteiger partial charge is 0.271 e. The van der Waals surface area contributed by atoms with Crippen LogP contribution in [-0.2, 0) is 9.59 Å². The molecule has 1 aliphatic heterocycles. The molecule has 4 rings (SSSR count). The normalized spacial score (nSPS) is 22.0. The van der Waals surface area contributed by atoms with Gasteiger partial charge in [-0.25, -0.2) is 4.90 Å². The zero-order valence-electron chi connectivity index (χ0n) is 23.7. The second kappa shape index (κ2) is 12.8. The molecular formula is C32H38N2O7. The SMILES string of the molecule is CCC/C(=C\c1ccc(O)cc1)CC[C@@H](O)C1=C(C(C)C)C[C@H]2C(=O)N(c3cccc([N+](=O)[O-])c3)C(=O)[C@H]2[C@H]1CO. The van der Waals surface area contributed by atoms with E-state index in [1.807, 2.05) is 26.0 Å². The van der Waals surface area contributed by atoms with Crippen molar-refractivity contribution >= 4 is 29.3 Å². The van der Waals surface area contributed by atoms with Crippen molar-refractivity contribution in [1.29, 1.82) is 0 Å². The second-order valence-electron chi connectivity index (χ2n) is 11.2. The van der Waals surface area contributed by atoms with Crippen LogP contribution in [0.3, 0.4) is 0 Å². The van der Waals surface area contributed by atoms with Gasteiger partial charge in [-0.3, -0.25) is 19.7 Å². The first-order chi connectivity index (χ1) is 19.6. The Labute approximate surface area is 240 Å². The van der Waals surface area contributed by atoms with Crippen molar-refractivity contribution in [3.8, 4) is 5.75 Å². The van der Waals surface area contributed by atoms with E-state index < -0.39 is 47.2 Å². The monoisotopic (exact) mass is 562 g/mol. The maximum absolute atomic E-state index is 13.7. The molecule has 9 nitrogen and oxygen atoms in total. The number of carbonyl (C=O) groups excluding carboxylic acids is 2. The average molecular weight is 563 g/mol. The lowest BCUT2D eigenvalue weighted by molar-refractivity contribution is -0.384. The van der Waals surface area contributed by atoms with E-state index in [0.29, 0.717) is 18.4 Å². The van der Waals surface area contributed by atoms with Gasteiger partial charge < -0.3 is 15.3 Å². The number of benzene rings is 2. The van der Waals surface area contributed by atoms with Crippen LogP contribution in [0.25, 0.3) is 6.08 Å². The minimum Gasteiger partial charge on any atom is -0.508 e. The van der Waals surface area contributed by atoms with E-state index in [9.17, 15) is 35.0 Å². The number of aromatic hydroxyl groups is 1. The summed E-state index contributed by atoms with van der Waals surface area (Å²) in [5.74, 6) is -3.08. The number of nitro benzene ring substituents is 1. The summed E-state index contributed by atoms with van der Waals surface area (Å²) >= 11 is 0. The highest BCUT2D eigenvalue weighted by molar-refractivity contribution is 6.22. The van der Waals surface area contributed by atoms with E-state index in [0.717, 1.165) is 34.5 Å². The number of non-ortho nitro benzene ring substituents is 1. The fraction of sp³-hybridized carbons (Fsp3) is 0.438. The van der Waals surface area contributed by atoms with Crippen LogP contribution in [-0.4, -0.2) is 44.8 Å². The number of phenols is 1. The molecule has 0 unspecified atom stereocenters. The lowest BCUT2D eigenvalue weighted by Crippen LogP contribution is -2.39. The number of aliphatic hydroxyl groups is 2. The van der Waals surface area contributed by atoms with E-state index >= 15 is 0 Å². The van der Waals surface area contributed by atoms with Crippen molar-refractivity contribution in [1.82, 2.24) is 0 Å². The van der Waals surface area contributed by atoms with E-state index in [1.165, 1.54) is 24.3 Å². The molecule has 1 saturated heterocycles. The molecule has 218 valence electrons. The molecule has 0 radical (unpaired) electrons. The van der Waals surface area contributed by atoms with Crippen molar-refractivity contribution in [2.75, 3.05) is 11.5 Å². The topological polar surface area (TPSA) is 141 Å². The number of allylic oxidation sites excluding steroid dienone is 2. The van der Waals surface area contributed by atoms with Crippen LogP contribution in [0.4, 0.5) is 11.4 Å². The van der Waals surface area contributed by atoms with Crippen molar-refractivity contribution in [3.63, 3.8) is 0 Å². The number of hydrogen-bond donors (Lipinski definition) is 3. The molecule has 3 N–H and O–H groups in total. The van der Waals surface area contributed by atoms with Crippen LogP contribution in [0.5, 0.6) is 5.75 Å². The number of fused-ring (bicyclic) bond motifs is 1. The number of nitro groups is 1. The van der Waals surface area contributed by atoms with E-state index in [-0.39, 0.29) is 29.5 Å². The van der Waals surface area contributed by atoms with Crippen LogP contribution in [0.15, 0.2) is 65.3 Å². The molecule has 2 amide bonds. The Hall–Kier alpha value is -3.82. The maximum atomic E-state index is 13.7. The molecule has 2 aromatic carbocycles. The number of phenolic OH excluding ortho intramolecular Hbond substituents is 1. The van der Waals surface area contributed by atoms with E-state index in [1.54, 1.807) is 12.1 Å². The van der Waals surface area contributed by atoms with Crippen LogP contribution >= 0.6 is 0 Å². The number of hydrogen-bond acceptors (Lipinski definition) is 7. The molecule has 1 fully saturated rings. The molecule has 1 aliphatic carbocycles. The highest BCUT2D eigenvalue weighted by Crippen LogP contribution is 2.49. The molecule has 0 aromatic heterocycles. The fourth-order valence-corrected chi connectivity index (χ4v) is 6.32. The zero-order valence-corrected chi connectivity index (χ0v) is 23.7. The van der Waals surface area contributed by atoms with Gasteiger partial charge in [0.25, 0.3) is 5.69 Å². The van der Waals surface area contributed by atoms with Crippen LogP contribution in [0, 0.1) is 33.8 Å². The molecule has 4 atom stereocenters. The predicted octanol–water partition coefficient (Wildman–Crippen LogP) is 5.40. The average Bonchev–Trinajstić information content (AvgIpc) is 3.20. The summed E-state index contributed by atoms with van der Waals surface area (Å²) in [6.45, 7) is 5.63. The highest BCUT2D eigenvalue weighted by Gasteiger charge is 2.55. The first-order valence-electron chi connectivity index (χ1n) is 14.2. The van der Waals surface area contributed by atoms with Gasteiger partial charge in [0.05, 0.1) is 35.2 Å². The number of carbonyl (C=O) groups is 2. The molecule has 9 heteroatoms. The summed E-state index contributed by atoms with van der Waals surface area (Å²) in [6.07, 6.45) is 4.18. The Balaban J connectivity index is 1.62. The summed E-state index contributed by atoms with van der Waals surface area (Å²) in [4.78, 5) is 39.0. The largest absolute Gasteiger partial charge is 0.508 e. The van der Waals surface area contributed by atoms with E-state index in [2.05, 4.69) is 13.0 Å². The minimum atomic E-state index is -0.916. The molecule has 0 bridgehead atoms. The second-order valence-corrected chi connectivity index (χ2v) is 11.2. The molecule has 2 aliphatic rings. The first kappa shape index (κ1) is 30.1. The molecule has 2 aromatic rings. The number of aliphatic hydroxyl groups excluding tert-OH is 2. The Morgan fingerprint density at radius 1 is 1.12 bits per heavy atom. The van der Waals surface area contributed by atoms with Crippen molar-refractivity contribution < 1.29 is 29.8 Å². The summed E-state index contributed by atoms with van der Waals surface area (Å²) in [5, 5.41) is 43.0. The standard InChI is InChI=1S/C32H38N2O7/c1-4-6-20(15-21-9-12-24(36)13-10-21)11-14-28(37)29-25(19(2)3)17-26-30(27(29)18-35)32(39)33(31(26)38)22-7-5-8-23(16-22)34(40)41/h5,7-10,12-13,15-16,19,26-28,30,35-37H,4,6,11,14,17-18H2,1-3H3/b20-15+/t26-,27+,28-,30-/m1/s1. The fourth-order valence-electron chi connectivity index (χ4n) is 6.32. The molecule has 0 spiro atoms. The van der Waals surface area contributed by atoms with Gasteiger partial charge in [0.15, 0.2) is 0 Å². The van der Waals surface area contributed by atoms with Crippen molar-refractivity contribution in [2.24, 2.45) is 23.7 Å². The maximum Gasteiger partial charge on any atom is 0.271 e. The Morgan fingerprint density at radius 2 is 1.83 bits per heavy atom. The minimum absolute atomic E-state index is 0.0212. The van der Waals surface area contributed by atoms with Crippen LogP contribution in [0.1, 0.15) is 58.4 Å². The highest BCUT2D eigenvalue weighted by atomic mass is 16.6. The van der Waals surface area contributed by atoms with Gasteiger partial charge in [-0.05, 0) is 60.9 Å². The lowest BCUT2D eigenvalue weighted by Gasteiger charge is -2.38. The molecule has 1 heterocycles. The number of rotatable bonds is 11. The summed E-state index contributed by atoms with van der Waals surface area (Å²) in [5.41, 5.74) is 3.51. The quantitative estimate of drug-likeness (QED) is 0.144. The Morgan fingerprint density at radius 3 is 2.44 bits per heavy atom. The predicted molar refractivity (Wildman–Crippen MR) is 156 cm³/mol. The first-order valence-corrected chi connectivity index (χ1v) is 14.2. The molecule has 0 saturated carbocycles. The number of anilines is 1. The van der Waals surface area contributed by atoms with Gasteiger partial charge >= 0.3 is 0 Å². The van der Waals surface area contributed by atoms with Gasteiger partial charge in [0.1, 0.15) is 5.75 Å². The van der Waals surface area contributed by atoms with E-state index in [4.69, 9.17) is 0 Å². The number of nitrogens with zero attached hydrogens (tertiary/aromatic N) is 2. The van der Waals surface area contributed by atoms with Crippen molar-refractivity contribution in [2.45, 2.75) is 59.0 Å². The summed E-state index contributed by atoms with van der Waals surface area (Å²) < 4.78 is 0. The summed E-state index contributed by atoms with van der Waals surface area (Å²) in [7, 11) is 0. The molecule has 41 heavy (non-hydrogen) atoms. The van der Waals surface area contributed by atoms with Crippen molar-refractivity contribution in [3.05, 3.63) is 80.9 Å². The number of amides is 2. The van der Waals surface area contributed by atoms with Crippen LogP contribution in [0.2, 0.25) is 0 Å². The van der Waals surface area contributed by atoms with Gasteiger partial charge in [-0.2, -0.15) is 0 Å². The third kappa shape index (κ3) is 6.26. The third-order valence-corrected chi connectivity index (χ3v) is 8.25. The Bertz CT molecular complexity index is 1360. The van der Waals surface area contributed by atoms with Gasteiger partial charge in [0, 0.05) is 18.1 Å². The number of imide groups is 1. The Kier molecular flexibility index (Phi) is 9.40. The summed E-state index contributed by atoms with van der Waals surface area (Å²) in [6, 6.07) is 12.4. The van der Waals surface area contributed by atoms with Gasteiger partial charge in [-0.1, -0.05) is 62.6 Å². The van der Waals surface area contributed by atoms with Gasteiger partial charge in [0.2, 0.25) is 11.8 Å². The lowest BCUT2D eigenvalue weighted by atomic mass is 9.66. The molecular weight excluding hydrogens is 524 g/mol. The van der Waals surface area contributed by atoms with Crippen LogP contribution < -0.4 is 4.90 Å². The zero-order chi connectivity index (χ0) is 29.8. The van der Waals surface area contributed by atoms with Gasteiger partial charge in [-0.15, -0.1) is 0 Å².